The molecule has 0 saturated carbocycles. The van der Waals surface area contributed by atoms with E-state index in [9.17, 15) is 18.7 Å². The smallest absolute Gasteiger partial charge is 0.335 e. The molecule has 0 radical (unpaired) electrons. The minimum absolute atomic E-state index is 0.0248. The predicted octanol–water partition coefficient (Wildman–Crippen LogP) is 3.66. The Labute approximate surface area is 126 Å². The molecule has 3 rings (SSSR count). The highest BCUT2D eigenvalue weighted by molar-refractivity contribution is 5.89. The van der Waals surface area contributed by atoms with E-state index in [0.717, 1.165) is 18.1 Å². The second kappa shape index (κ2) is 5.75. The summed E-state index contributed by atoms with van der Waals surface area (Å²) in [5, 5.41) is 9.27. The van der Waals surface area contributed by atoms with E-state index in [1.165, 1.54) is 12.1 Å². The summed E-state index contributed by atoms with van der Waals surface area (Å²) in [4.78, 5) is 13.1. The van der Waals surface area contributed by atoms with Gasteiger partial charge in [0, 0.05) is 25.1 Å². The summed E-state index contributed by atoms with van der Waals surface area (Å²) in [6.45, 7) is 1.13. The summed E-state index contributed by atoms with van der Waals surface area (Å²) in [5.41, 5.74) is 1.41. The summed E-state index contributed by atoms with van der Waals surface area (Å²) in [6.07, 6.45) is 0.737. The molecule has 2 aromatic carbocycles. The van der Waals surface area contributed by atoms with Crippen molar-refractivity contribution in [1.82, 2.24) is 0 Å². The molecule has 22 heavy (non-hydrogen) atoms. The lowest BCUT2D eigenvalue weighted by atomic mass is 9.93. The van der Waals surface area contributed by atoms with Crippen molar-refractivity contribution in [1.29, 1.82) is 0 Å². The lowest BCUT2D eigenvalue weighted by molar-refractivity contribution is 0.0695. The molecule has 0 aliphatic carbocycles. The van der Waals surface area contributed by atoms with Gasteiger partial charge in [-0.15, -0.1) is 0 Å². The fourth-order valence-corrected chi connectivity index (χ4v) is 3.02. The SMILES string of the molecule is O=C(O)c1ccccc1C1CCN(c2ccc(F)cc2F)C1. The van der Waals surface area contributed by atoms with Gasteiger partial charge in [0.25, 0.3) is 0 Å². The third-order valence-corrected chi connectivity index (χ3v) is 4.07. The molecule has 2 aromatic rings. The average molecular weight is 303 g/mol. The minimum Gasteiger partial charge on any atom is -0.478 e. The molecule has 1 atom stereocenters. The molecule has 1 N–H and O–H groups in total. The number of halogens is 2. The molecule has 3 nitrogen and oxygen atoms in total. The third-order valence-electron chi connectivity index (χ3n) is 4.07. The van der Waals surface area contributed by atoms with Gasteiger partial charge in [-0.05, 0) is 30.2 Å². The zero-order valence-corrected chi connectivity index (χ0v) is 11.8. The summed E-state index contributed by atoms with van der Waals surface area (Å²) >= 11 is 0. The Kier molecular flexibility index (Phi) is 3.79. The maximum absolute atomic E-state index is 13.9. The molecular weight excluding hydrogens is 288 g/mol. The largest absolute Gasteiger partial charge is 0.478 e. The zero-order chi connectivity index (χ0) is 15.7. The zero-order valence-electron chi connectivity index (χ0n) is 11.8. The van der Waals surface area contributed by atoms with Gasteiger partial charge in [-0.3, -0.25) is 0 Å². The number of hydrogen-bond donors (Lipinski definition) is 1. The van der Waals surface area contributed by atoms with Crippen molar-refractivity contribution in [3.63, 3.8) is 0 Å². The van der Waals surface area contributed by atoms with E-state index in [2.05, 4.69) is 0 Å². The van der Waals surface area contributed by atoms with E-state index in [4.69, 9.17) is 0 Å². The quantitative estimate of drug-likeness (QED) is 0.941. The Morgan fingerprint density at radius 1 is 1.18 bits per heavy atom. The third kappa shape index (κ3) is 2.66. The van der Waals surface area contributed by atoms with E-state index in [1.54, 1.807) is 18.2 Å². The maximum Gasteiger partial charge on any atom is 0.335 e. The molecule has 0 bridgehead atoms. The van der Waals surface area contributed by atoms with Crippen LogP contribution in [0.25, 0.3) is 0 Å². The first-order valence-corrected chi connectivity index (χ1v) is 7.08. The van der Waals surface area contributed by atoms with Crippen molar-refractivity contribution in [2.45, 2.75) is 12.3 Å². The van der Waals surface area contributed by atoms with Crippen LogP contribution in [0.1, 0.15) is 28.3 Å². The number of nitrogens with zero attached hydrogens (tertiary/aromatic N) is 1. The first-order valence-electron chi connectivity index (χ1n) is 7.08. The number of carbonyl (C=O) groups is 1. The van der Waals surface area contributed by atoms with E-state index < -0.39 is 17.6 Å². The van der Waals surface area contributed by atoms with Crippen molar-refractivity contribution >= 4 is 11.7 Å². The molecule has 1 saturated heterocycles. The monoisotopic (exact) mass is 303 g/mol. The van der Waals surface area contributed by atoms with Crippen LogP contribution in [0.2, 0.25) is 0 Å². The van der Waals surface area contributed by atoms with Gasteiger partial charge in [0.15, 0.2) is 0 Å². The average Bonchev–Trinajstić information content (AvgIpc) is 2.96. The molecule has 0 amide bonds. The summed E-state index contributed by atoms with van der Waals surface area (Å²) in [5.74, 6) is -2.13. The molecule has 114 valence electrons. The van der Waals surface area contributed by atoms with E-state index in [-0.39, 0.29) is 11.5 Å². The van der Waals surface area contributed by atoms with Crippen molar-refractivity contribution in [2.24, 2.45) is 0 Å². The van der Waals surface area contributed by atoms with Crippen LogP contribution in [-0.4, -0.2) is 24.2 Å². The first-order chi connectivity index (χ1) is 10.6. The fraction of sp³-hybridized carbons (Fsp3) is 0.235. The van der Waals surface area contributed by atoms with Crippen LogP contribution in [0, 0.1) is 11.6 Å². The van der Waals surface area contributed by atoms with Crippen molar-refractivity contribution in [3.05, 3.63) is 65.2 Å². The van der Waals surface area contributed by atoms with Crippen LogP contribution in [0.4, 0.5) is 14.5 Å². The van der Waals surface area contributed by atoms with Gasteiger partial charge >= 0.3 is 5.97 Å². The van der Waals surface area contributed by atoms with E-state index in [0.29, 0.717) is 18.8 Å². The van der Waals surface area contributed by atoms with E-state index in [1.807, 2.05) is 11.0 Å². The fourth-order valence-electron chi connectivity index (χ4n) is 3.02. The molecule has 1 aliphatic rings. The van der Waals surface area contributed by atoms with Gasteiger partial charge in [0.2, 0.25) is 0 Å². The molecule has 1 unspecified atom stereocenters. The second-order valence-corrected chi connectivity index (χ2v) is 5.42. The van der Waals surface area contributed by atoms with Gasteiger partial charge in [-0.25, -0.2) is 13.6 Å². The Bertz CT molecular complexity index is 718. The first kappa shape index (κ1) is 14.5. The lowest BCUT2D eigenvalue weighted by Crippen LogP contribution is -2.21. The number of hydrogen-bond acceptors (Lipinski definition) is 2. The van der Waals surface area contributed by atoms with Crippen LogP contribution in [0.15, 0.2) is 42.5 Å². The summed E-state index contributed by atoms with van der Waals surface area (Å²) < 4.78 is 26.9. The Balaban J connectivity index is 1.85. The minimum atomic E-state index is -0.956. The predicted molar refractivity (Wildman–Crippen MR) is 79.3 cm³/mol. The molecule has 5 heteroatoms. The number of carboxylic acid groups (broad SMARTS) is 1. The molecule has 0 aromatic heterocycles. The molecule has 0 spiro atoms. The van der Waals surface area contributed by atoms with Gasteiger partial charge in [0.05, 0.1) is 11.3 Å². The molecule has 1 heterocycles. The van der Waals surface area contributed by atoms with Gasteiger partial charge in [-0.1, -0.05) is 18.2 Å². The molecule has 1 fully saturated rings. The second-order valence-electron chi connectivity index (χ2n) is 5.42. The van der Waals surface area contributed by atoms with Crippen LogP contribution in [-0.2, 0) is 0 Å². The van der Waals surface area contributed by atoms with Crippen molar-refractivity contribution in [2.75, 3.05) is 18.0 Å². The number of benzene rings is 2. The topological polar surface area (TPSA) is 40.5 Å². The van der Waals surface area contributed by atoms with Crippen LogP contribution in [0.5, 0.6) is 0 Å². The van der Waals surface area contributed by atoms with Gasteiger partial charge in [-0.2, -0.15) is 0 Å². The maximum atomic E-state index is 13.9. The Morgan fingerprint density at radius 3 is 2.68 bits per heavy atom. The van der Waals surface area contributed by atoms with Crippen LogP contribution in [0.3, 0.4) is 0 Å². The molecule has 1 aliphatic heterocycles. The summed E-state index contributed by atoms with van der Waals surface area (Å²) in [7, 11) is 0. The summed E-state index contributed by atoms with van der Waals surface area (Å²) in [6, 6.07) is 10.4. The van der Waals surface area contributed by atoms with Crippen molar-refractivity contribution < 1.29 is 18.7 Å². The van der Waals surface area contributed by atoms with Gasteiger partial charge in [0.1, 0.15) is 11.6 Å². The van der Waals surface area contributed by atoms with Crippen LogP contribution >= 0.6 is 0 Å². The van der Waals surface area contributed by atoms with Crippen LogP contribution < -0.4 is 4.90 Å². The number of rotatable bonds is 3. The number of aromatic carboxylic acids is 1. The highest BCUT2D eigenvalue weighted by atomic mass is 19.1. The van der Waals surface area contributed by atoms with Crippen molar-refractivity contribution in [3.8, 4) is 0 Å². The lowest BCUT2D eigenvalue weighted by Gasteiger charge is -2.20. The normalized spacial score (nSPS) is 17.7. The molecular formula is C17H15F2NO2. The Hall–Kier alpha value is -2.43. The number of carboxylic acids is 1. The highest BCUT2D eigenvalue weighted by Gasteiger charge is 2.28. The standard InChI is InChI=1S/C17H15F2NO2/c18-12-5-6-16(15(19)9-12)20-8-7-11(10-20)13-3-1-2-4-14(13)17(21)22/h1-6,9,11H,7-8,10H2,(H,21,22). The van der Waals surface area contributed by atoms with E-state index >= 15 is 0 Å². The highest BCUT2D eigenvalue weighted by Crippen LogP contribution is 2.33. The van der Waals surface area contributed by atoms with Gasteiger partial charge < -0.3 is 10.0 Å². The Morgan fingerprint density at radius 2 is 1.95 bits per heavy atom. The number of anilines is 1.